The number of benzene rings is 1. The maximum Gasteiger partial charge on any atom is 0.0590 e. The fourth-order valence-electron chi connectivity index (χ4n) is 2.98. The summed E-state index contributed by atoms with van der Waals surface area (Å²) in [7, 11) is 1.76. The molecular formula is C18H32N2O. The molecule has 0 saturated carbocycles. The van der Waals surface area contributed by atoms with E-state index in [4.69, 9.17) is 10.5 Å². The van der Waals surface area contributed by atoms with Crippen molar-refractivity contribution in [3.05, 3.63) is 34.9 Å². The van der Waals surface area contributed by atoms with Crippen molar-refractivity contribution in [2.24, 2.45) is 5.73 Å². The standard InChI is InChI=1S/C18H32N2O/c1-6-17(7-2)20(10-11-21-5)18(13-19)16-9-8-14(3)15(4)12-16/h8-9,12,17-18H,6-7,10-11,13,19H2,1-5H3. The molecule has 0 aliphatic rings. The summed E-state index contributed by atoms with van der Waals surface area (Å²) in [6.45, 7) is 11.1. The molecule has 1 rings (SSSR count). The minimum atomic E-state index is 0.268. The zero-order valence-electron chi connectivity index (χ0n) is 14.4. The molecule has 1 aromatic rings. The number of aryl methyl sites for hydroxylation is 2. The van der Waals surface area contributed by atoms with E-state index in [-0.39, 0.29) is 6.04 Å². The second-order valence-corrected chi connectivity index (χ2v) is 5.80. The van der Waals surface area contributed by atoms with Crippen LogP contribution >= 0.6 is 0 Å². The van der Waals surface area contributed by atoms with Gasteiger partial charge >= 0.3 is 0 Å². The Morgan fingerprint density at radius 1 is 1.14 bits per heavy atom. The maximum absolute atomic E-state index is 6.13. The molecule has 0 amide bonds. The Labute approximate surface area is 130 Å². The molecule has 0 saturated heterocycles. The van der Waals surface area contributed by atoms with E-state index in [1.54, 1.807) is 7.11 Å². The number of methoxy groups -OCH3 is 1. The molecule has 3 nitrogen and oxygen atoms in total. The summed E-state index contributed by atoms with van der Waals surface area (Å²) >= 11 is 0. The molecular weight excluding hydrogens is 260 g/mol. The van der Waals surface area contributed by atoms with Crippen molar-refractivity contribution in [3.63, 3.8) is 0 Å². The first-order valence-corrected chi connectivity index (χ1v) is 8.10. The molecule has 0 aliphatic heterocycles. The number of nitrogens with two attached hydrogens (primary N) is 1. The summed E-state index contributed by atoms with van der Waals surface area (Å²) in [6.07, 6.45) is 2.28. The third-order valence-corrected chi connectivity index (χ3v) is 4.50. The fraction of sp³-hybridized carbons (Fsp3) is 0.667. The molecule has 2 N–H and O–H groups in total. The highest BCUT2D eigenvalue weighted by atomic mass is 16.5. The highest BCUT2D eigenvalue weighted by molar-refractivity contribution is 5.32. The van der Waals surface area contributed by atoms with Crippen LogP contribution in [0.1, 0.15) is 49.4 Å². The predicted octanol–water partition coefficient (Wildman–Crippen LogP) is 3.44. The molecule has 0 bridgehead atoms. The van der Waals surface area contributed by atoms with Gasteiger partial charge in [-0.05, 0) is 43.4 Å². The van der Waals surface area contributed by atoms with Gasteiger partial charge in [-0.1, -0.05) is 32.0 Å². The van der Waals surface area contributed by atoms with E-state index in [1.165, 1.54) is 16.7 Å². The Balaban J connectivity index is 3.06. The van der Waals surface area contributed by atoms with E-state index in [9.17, 15) is 0 Å². The quantitative estimate of drug-likeness (QED) is 0.757. The SMILES string of the molecule is CCC(CC)N(CCOC)C(CN)c1ccc(C)c(C)c1. The smallest absolute Gasteiger partial charge is 0.0590 e. The van der Waals surface area contributed by atoms with E-state index in [0.717, 1.165) is 26.0 Å². The van der Waals surface area contributed by atoms with Crippen molar-refractivity contribution in [1.82, 2.24) is 4.90 Å². The van der Waals surface area contributed by atoms with Crippen molar-refractivity contribution in [2.45, 2.75) is 52.6 Å². The number of ether oxygens (including phenoxy) is 1. The number of hydrogen-bond acceptors (Lipinski definition) is 3. The van der Waals surface area contributed by atoms with Crippen LogP contribution in [0.4, 0.5) is 0 Å². The Morgan fingerprint density at radius 3 is 2.29 bits per heavy atom. The van der Waals surface area contributed by atoms with Crippen LogP contribution in [0.25, 0.3) is 0 Å². The Bertz CT molecular complexity index is 416. The van der Waals surface area contributed by atoms with Crippen LogP contribution in [0.2, 0.25) is 0 Å². The molecule has 3 heteroatoms. The van der Waals surface area contributed by atoms with E-state index >= 15 is 0 Å². The lowest BCUT2D eigenvalue weighted by molar-refractivity contribution is 0.0817. The molecule has 0 radical (unpaired) electrons. The van der Waals surface area contributed by atoms with Crippen molar-refractivity contribution < 1.29 is 4.74 Å². The lowest BCUT2D eigenvalue weighted by atomic mass is 9.97. The highest BCUT2D eigenvalue weighted by Gasteiger charge is 2.24. The van der Waals surface area contributed by atoms with Gasteiger partial charge in [-0.3, -0.25) is 4.90 Å². The summed E-state index contributed by atoms with van der Waals surface area (Å²) in [6, 6.07) is 7.53. The first-order chi connectivity index (χ1) is 10.1. The molecule has 120 valence electrons. The highest BCUT2D eigenvalue weighted by Crippen LogP contribution is 2.26. The van der Waals surface area contributed by atoms with E-state index in [1.807, 2.05) is 0 Å². The second-order valence-electron chi connectivity index (χ2n) is 5.80. The third kappa shape index (κ3) is 4.80. The molecule has 0 fully saturated rings. The zero-order chi connectivity index (χ0) is 15.8. The van der Waals surface area contributed by atoms with Gasteiger partial charge in [-0.25, -0.2) is 0 Å². The second kappa shape index (κ2) is 9.19. The minimum Gasteiger partial charge on any atom is -0.383 e. The molecule has 0 aliphatic carbocycles. The van der Waals surface area contributed by atoms with Crippen LogP contribution in [0.3, 0.4) is 0 Å². The predicted molar refractivity (Wildman–Crippen MR) is 90.7 cm³/mol. The molecule has 21 heavy (non-hydrogen) atoms. The number of hydrogen-bond donors (Lipinski definition) is 1. The van der Waals surface area contributed by atoms with E-state index < -0.39 is 0 Å². The largest absolute Gasteiger partial charge is 0.383 e. The van der Waals surface area contributed by atoms with E-state index in [0.29, 0.717) is 12.6 Å². The van der Waals surface area contributed by atoms with Crippen molar-refractivity contribution in [1.29, 1.82) is 0 Å². The third-order valence-electron chi connectivity index (χ3n) is 4.50. The van der Waals surface area contributed by atoms with Crippen LogP contribution in [0.5, 0.6) is 0 Å². The topological polar surface area (TPSA) is 38.5 Å². The average molecular weight is 292 g/mol. The first-order valence-electron chi connectivity index (χ1n) is 8.10. The van der Waals surface area contributed by atoms with Crippen molar-refractivity contribution in [2.75, 3.05) is 26.8 Å². The number of nitrogens with zero attached hydrogens (tertiary/aromatic N) is 1. The van der Waals surface area contributed by atoms with Crippen LogP contribution in [-0.2, 0) is 4.74 Å². The van der Waals surface area contributed by atoms with E-state index in [2.05, 4.69) is 50.8 Å². The Hall–Kier alpha value is -0.900. The first kappa shape index (κ1) is 18.1. The Kier molecular flexibility index (Phi) is 7.94. The monoisotopic (exact) mass is 292 g/mol. The average Bonchev–Trinajstić information content (AvgIpc) is 2.49. The normalized spacial score (nSPS) is 13.1. The van der Waals surface area contributed by atoms with Gasteiger partial charge < -0.3 is 10.5 Å². The van der Waals surface area contributed by atoms with Gasteiger partial charge in [0, 0.05) is 32.3 Å². The van der Waals surface area contributed by atoms with Crippen LogP contribution < -0.4 is 5.73 Å². The summed E-state index contributed by atoms with van der Waals surface area (Å²) in [5.41, 5.74) is 10.1. The van der Waals surface area contributed by atoms with Gasteiger partial charge in [0.15, 0.2) is 0 Å². The molecule has 1 aromatic carbocycles. The lowest BCUT2D eigenvalue weighted by Gasteiger charge is -2.37. The zero-order valence-corrected chi connectivity index (χ0v) is 14.4. The molecule has 0 heterocycles. The van der Waals surface area contributed by atoms with Crippen LogP contribution in [0.15, 0.2) is 18.2 Å². The lowest BCUT2D eigenvalue weighted by Crippen LogP contribution is -2.42. The molecule has 0 aromatic heterocycles. The Morgan fingerprint density at radius 2 is 1.81 bits per heavy atom. The summed E-state index contributed by atoms with van der Waals surface area (Å²) in [5, 5.41) is 0. The van der Waals surface area contributed by atoms with Gasteiger partial charge in [0.1, 0.15) is 0 Å². The number of rotatable bonds is 9. The van der Waals surface area contributed by atoms with Gasteiger partial charge in [0.2, 0.25) is 0 Å². The summed E-state index contributed by atoms with van der Waals surface area (Å²) < 4.78 is 5.30. The van der Waals surface area contributed by atoms with Crippen LogP contribution in [-0.4, -0.2) is 37.7 Å². The molecule has 0 spiro atoms. The van der Waals surface area contributed by atoms with Gasteiger partial charge in [0.25, 0.3) is 0 Å². The maximum atomic E-state index is 6.13. The summed E-state index contributed by atoms with van der Waals surface area (Å²) in [4.78, 5) is 2.52. The van der Waals surface area contributed by atoms with Crippen molar-refractivity contribution in [3.8, 4) is 0 Å². The minimum absolute atomic E-state index is 0.268. The van der Waals surface area contributed by atoms with Crippen LogP contribution in [0, 0.1) is 13.8 Å². The fourth-order valence-corrected chi connectivity index (χ4v) is 2.98. The van der Waals surface area contributed by atoms with Gasteiger partial charge in [-0.15, -0.1) is 0 Å². The summed E-state index contributed by atoms with van der Waals surface area (Å²) in [5.74, 6) is 0. The van der Waals surface area contributed by atoms with Crippen molar-refractivity contribution >= 4 is 0 Å². The van der Waals surface area contributed by atoms with Gasteiger partial charge in [0.05, 0.1) is 6.61 Å². The van der Waals surface area contributed by atoms with Gasteiger partial charge in [-0.2, -0.15) is 0 Å². The molecule has 1 unspecified atom stereocenters. The molecule has 1 atom stereocenters.